The van der Waals surface area contributed by atoms with Gasteiger partial charge < -0.3 is 18.9 Å². The lowest BCUT2D eigenvalue weighted by Crippen LogP contribution is -2.48. The van der Waals surface area contributed by atoms with Crippen LogP contribution in [0.4, 0.5) is 0 Å². The summed E-state index contributed by atoms with van der Waals surface area (Å²) < 4.78 is 15.8. The molecule has 1 aromatic rings. The molecule has 7 heteroatoms. The van der Waals surface area contributed by atoms with Crippen LogP contribution in [-0.4, -0.2) is 53.9 Å². The largest absolute Gasteiger partial charge is 0.384 e. The number of hydrogen-bond donors (Lipinski definition) is 0. The van der Waals surface area contributed by atoms with Gasteiger partial charge in [-0.25, -0.2) is 0 Å². The molecule has 1 fully saturated rings. The summed E-state index contributed by atoms with van der Waals surface area (Å²) in [5.41, 5.74) is -0.730. The maximum absolute atomic E-state index is 12.5. The first-order valence-electron chi connectivity index (χ1n) is 7.25. The smallest absolute Gasteiger partial charge is 0.254 e. The van der Waals surface area contributed by atoms with Crippen LogP contribution in [0.5, 0.6) is 0 Å². The summed E-state index contributed by atoms with van der Waals surface area (Å²) in [6.45, 7) is 3.32. The van der Waals surface area contributed by atoms with Crippen LogP contribution >= 0.6 is 0 Å². The lowest BCUT2D eigenvalue weighted by atomic mass is 9.94. The van der Waals surface area contributed by atoms with Gasteiger partial charge in [-0.1, -0.05) is 5.16 Å². The van der Waals surface area contributed by atoms with Crippen molar-refractivity contribution in [3.05, 3.63) is 11.7 Å². The van der Waals surface area contributed by atoms with Crippen molar-refractivity contribution in [1.82, 2.24) is 15.0 Å². The molecule has 0 aromatic carbocycles. The van der Waals surface area contributed by atoms with Crippen LogP contribution in [0.15, 0.2) is 4.52 Å². The van der Waals surface area contributed by atoms with Crippen LogP contribution in [0.25, 0.3) is 0 Å². The summed E-state index contributed by atoms with van der Waals surface area (Å²) in [6, 6.07) is 0. The molecular formula is C14H23N3O4. The highest BCUT2D eigenvalue weighted by Gasteiger charge is 2.38. The first kappa shape index (κ1) is 15.9. The van der Waals surface area contributed by atoms with Crippen molar-refractivity contribution < 1.29 is 18.8 Å². The minimum absolute atomic E-state index is 0.0427. The Morgan fingerprint density at radius 2 is 2.29 bits per heavy atom. The molecule has 0 aliphatic carbocycles. The van der Waals surface area contributed by atoms with Gasteiger partial charge in [0.25, 0.3) is 5.91 Å². The van der Waals surface area contributed by atoms with Crippen molar-refractivity contribution in [1.29, 1.82) is 0 Å². The number of likely N-dealkylation sites (N-methyl/N-ethyl adjacent to an activating group) is 1. The molecular weight excluding hydrogens is 274 g/mol. The average molecular weight is 297 g/mol. The Kier molecular flexibility index (Phi) is 5.30. The predicted octanol–water partition coefficient (Wildman–Crippen LogP) is 1.18. The van der Waals surface area contributed by atoms with E-state index in [-0.39, 0.29) is 12.5 Å². The molecule has 1 amide bonds. The van der Waals surface area contributed by atoms with Crippen molar-refractivity contribution >= 4 is 5.91 Å². The lowest BCUT2D eigenvalue weighted by Gasteiger charge is -2.35. The second-order valence-corrected chi connectivity index (χ2v) is 5.54. The van der Waals surface area contributed by atoms with Gasteiger partial charge in [-0.2, -0.15) is 4.98 Å². The van der Waals surface area contributed by atoms with Crippen LogP contribution in [0.2, 0.25) is 0 Å². The number of carbonyl (C=O) groups excluding carboxylic acids is 1. The van der Waals surface area contributed by atoms with E-state index in [1.165, 1.54) is 0 Å². The summed E-state index contributed by atoms with van der Waals surface area (Å²) in [6.07, 6.45) is 3.37. The lowest BCUT2D eigenvalue weighted by molar-refractivity contribution is -0.161. The Balaban J connectivity index is 1.92. The number of nitrogens with zero attached hydrogens (tertiary/aromatic N) is 3. The Hall–Kier alpha value is -1.47. The SMILES string of the molecule is COCCc1noc(CN(C)C(=O)[C@]2(C)CCCCO2)n1. The van der Waals surface area contributed by atoms with E-state index in [4.69, 9.17) is 14.0 Å². The Bertz CT molecular complexity index is 469. The average Bonchev–Trinajstić information content (AvgIpc) is 2.92. The van der Waals surface area contributed by atoms with E-state index < -0.39 is 5.60 Å². The normalized spacial score (nSPS) is 22.2. The Morgan fingerprint density at radius 1 is 1.48 bits per heavy atom. The number of methoxy groups -OCH3 is 1. The van der Waals surface area contributed by atoms with Crippen LogP contribution < -0.4 is 0 Å². The quantitative estimate of drug-likeness (QED) is 0.784. The first-order chi connectivity index (χ1) is 10.0. The van der Waals surface area contributed by atoms with E-state index in [0.717, 1.165) is 19.3 Å². The number of rotatable bonds is 6. The fraction of sp³-hybridized carbons (Fsp3) is 0.786. The van der Waals surface area contributed by atoms with E-state index in [9.17, 15) is 4.79 Å². The van der Waals surface area contributed by atoms with Crippen molar-refractivity contribution in [2.24, 2.45) is 0 Å². The van der Waals surface area contributed by atoms with Gasteiger partial charge in [-0.3, -0.25) is 4.79 Å². The van der Waals surface area contributed by atoms with Crippen LogP contribution in [0.1, 0.15) is 37.9 Å². The van der Waals surface area contributed by atoms with Gasteiger partial charge in [0.05, 0.1) is 13.2 Å². The molecule has 21 heavy (non-hydrogen) atoms. The molecule has 0 bridgehead atoms. The highest BCUT2D eigenvalue weighted by molar-refractivity contribution is 5.84. The summed E-state index contributed by atoms with van der Waals surface area (Å²) >= 11 is 0. The Labute approximate surface area is 124 Å². The third-order valence-corrected chi connectivity index (χ3v) is 3.68. The molecule has 1 aliphatic rings. The maximum Gasteiger partial charge on any atom is 0.254 e. The zero-order valence-corrected chi connectivity index (χ0v) is 12.9. The summed E-state index contributed by atoms with van der Waals surface area (Å²) in [5, 5.41) is 3.86. The molecule has 2 rings (SSSR count). The topological polar surface area (TPSA) is 77.7 Å². The molecule has 0 N–H and O–H groups in total. The number of amides is 1. The molecule has 2 heterocycles. The highest BCUT2D eigenvalue weighted by Crippen LogP contribution is 2.26. The van der Waals surface area contributed by atoms with Crippen molar-refractivity contribution in [2.75, 3.05) is 27.4 Å². The Morgan fingerprint density at radius 3 is 2.95 bits per heavy atom. The van der Waals surface area contributed by atoms with Crippen molar-refractivity contribution in [3.63, 3.8) is 0 Å². The third-order valence-electron chi connectivity index (χ3n) is 3.68. The van der Waals surface area contributed by atoms with Crippen LogP contribution in [-0.2, 0) is 27.2 Å². The molecule has 0 saturated carbocycles. The first-order valence-corrected chi connectivity index (χ1v) is 7.25. The fourth-order valence-corrected chi connectivity index (χ4v) is 2.43. The fourth-order valence-electron chi connectivity index (χ4n) is 2.43. The molecule has 7 nitrogen and oxygen atoms in total. The van der Waals surface area contributed by atoms with Gasteiger partial charge in [-0.15, -0.1) is 0 Å². The van der Waals surface area contributed by atoms with Crippen molar-refractivity contribution in [3.8, 4) is 0 Å². The predicted molar refractivity (Wildman–Crippen MR) is 74.6 cm³/mol. The molecule has 0 radical (unpaired) electrons. The van der Waals surface area contributed by atoms with Crippen molar-refractivity contribution in [2.45, 2.75) is 44.8 Å². The van der Waals surface area contributed by atoms with Crippen LogP contribution in [0.3, 0.4) is 0 Å². The summed E-state index contributed by atoms with van der Waals surface area (Å²) in [5.74, 6) is 0.975. The van der Waals surface area contributed by atoms with E-state index in [0.29, 0.717) is 31.3 Å². The monoisotopic (exact) mass is 297 g/mol. The van der Waals surface area contributed by atoms with Gasteiger partial charge in [0.2, 0.25) is 5.89 Å². The third kappa shape index (κ3) is 4.01. The van der Waals surface area contributed by atoms with Gasteiger partial charge in [-0.05, 0) is 26.2 Å². The molecule has 118 valence electrons. The molecule has 1 aliphatic heterocycles. The number of carbonyl (C=O) groups is 1. The van der Waals surface area contributed by atoms with E-state index in [1.54, 1.807) is 19.1 Å². The van der Waals surface area contributed by atoms with E-state index in [1.807, 2.05) is 6.92 Å². The highest BCUT2D eigenvalue weighted by atomic mass is 16.5. The minimum atomic E-state index is -0.730. The molecule has 1 aromatic heterocycles. The molecule has 1 saturated heterocycles. The molecule has 0 unspecified atom stereocenters. The van der Waals surface area contributed by atoms with E-state index >= 15 is 0 Å². The standard InChI is InChI=1S/C14H23N3O4/c1-14(7-4-5-8-20-14)13(18)17(2)10-12-15-11(16-21-12)6-9-19-3/h4-10H2,1-3H3/t14-/m0/s1. The van der Waals surface area contributed by atoms with E-state index in [2.05, 4.69) is 10.1 Å². The van der Waals surface area contributed by atoms with Gasteiger partial charge in [0, 0.05) is 27.2 Å². The van der Waals surface area contributed by atoms with Gasteiger partial charge in [0.15, 0.2) is 5.82 Å². The zero-order chi connectivity index (χ0) is 15.3. The number of hydrogen-bond acceptors (Lipinski definition) is 6. The summed E-state index contributed by atoms with van der Waals surface area (Å²) in [4.78, 5) is 18.3. The van der Waals surface area contributed by atoms with Crippen LogP contribution in [0, 0.1) is 0 Å². The molecule has 0 spiro atoms. The second kappa shape index (κ2) is 7.00. The van der Waals surface area contributed by atoms with Gasteiger partial charge >= 0.3 is 0 Å². The van der Waals surface area contributed by atoms with Gasteiger partial charge in [0.1, 0.15) is 5.60 Å². The maximum atomic E-state index is 12.5. The second-order valence-electron chi connectivity index (χ2n) is 5.54. The minimum Gasteiger partial charge on any atom is -0.384 e. The summed E-state index contributed by atoms with van der Waals surface area (Å²) in [7, 11) is 3.35. The molecule has 1 atom stereocenters. The zero-order valence-electron chi connectivity index (χ0n) is 12.9. The number of aromatic nitrogens is 2. The number of ether oxygens (including phenoxy) is 2.